The number of nitrogens with two attached hydrogens (primary N) is 1. The molecule has 0 aliphatic carbocycles. The molecule has 106 valence electrons. The van der Waals surface area contributed by atoms with Crippen molar-refractivity contribution in [3.05, 3.63) is 36.0 Å². The number of primary sulfonamides is 1. The van der Waals surface area contributed by atoms with Gasteiger partial charge >= 0.3 is 0 Å². The number of anilines is 1. The molecular weight excluding hydrogens is 289 g/mol. The van der Waals surface area contributed by atoms with Gasteiger partial charge in [-0.25, -0.2) is 17.9 Å². The summed E-state index contributed by atoms with van der Waals surface area (Å²) in [6.45, 7) is 0. The van der Waals surface area contributed by atoms with Crippen LogP contribution >= 0.6 is 0 Å². The minimum Gasteiger partial charge on any atom is -0.304 e. The van der Waals surface area contributed by atoms with Crippen molar-refractivity contribution in [3.63, 3.8) is 0 Å². The number of nitrogens with zero attached hydrogens (tertiary/aromatic N) is 3. The predicted octanol–water partition coefficient (Wildman–Crippen LogP) is -0.146. The first-order valence-corrected chi connectivity index (χ1v) is 6.80. The zero-order chi connectivity index (χ0) is 14.9. The van der Waals surface area contributed by atoms with E-state index in [4.69, 9.17) is 5.14 Å². The molecule has 0 aliphatic heterocycles. The molecular formula is C10H10FN5O3S. The average Bonchev–Trinajstić information content (AvgIpc) is 2.70. The van der Waals surface area contributed by atoms with Crippen molar-refractivity contribution in [1.82, 2.24) is 14.8 Å². The van der Waals surface area contributed by atoms with E-state index in [2.05, 4.69) is 15.4 Å². The maximum atomic E-state index is 13.0. The number of hydrogen-bond donors (Lipinski definition) is 2. The Morgan fingerprint density at radius 1 is 1.45 bits per heavy atom. The van der Waals surface area contributed by atoms with Crippen LogP contribution < -0.4 is 10.5 Å². The first kappa shape index (κ1) is 14.1. The van der Waals surface area contributed by atoms with Crippen molar-refractivity contribution in [2.24, 2.45) is 12.2 Å². The number of halogens is 1. The van der Waals surface area contributed by atoms with Gasteiger partial charge in [-0.2, -0.15) is 5.10 Å². The van der Waals surface area contributed by atoms with Crippen LogP contribution in [0.3, 0.4) is 0 Å². The fourth-order valence-electron chi connectivity index (χ4n) is 1.48. The van der Waals surface area contributed by atoms with Gasteiger partial charge in [0.15, 0.2) is 5.82 Å². The monoisotopic (exact) mass is 299 g/mol. The number of hydrogen-bond acceptors (Lipinski definition) is 5. The van der Waals surface area contributed by atoms with Crippen molar-refractivity contribution in [3.8, 4) is 0 Å². The van der Waals surface area contributed by atoms with E-state index in [0.717, 1.165) is 24.7 Å². The van der Waals surface area contributed by atoms with Gasteiger partial charge < -0.3 is 5.32 Å². The van der Waals surface area contributed by atoms with E-state index in [1.54, 1.807) is 0 Å². The number of aromatic nitrogens is 3. The van der Waals surface area contributed by atoms with Crippen molar-refractivity contribution in [2.75, 3.05) is 5.32 Å². The molecule has 0 unspecified atom stereocenters. The molecule has 10 heteroatoms. The first-order chi connectivity index (χ1) is 9.27. The molecule has 0 fully saturated rings. The summed E-state index contributed by atoms with van der Waals surface area (Å²) in [7, 11) is -2.57. The molecule has 0 bridgehead atoms. The number of aryl methyl sites for hydroxylation is 1. The lowest BCUT2D eigenvalue weighted by Crippen LogP contribution is -2.18. The molecule has 2 aromatic rings. The highest BCUT2D eigenvalue weighted by atomic mass is 32.2. The minimum atomic E-state index is -4.04. The largest absolute Gasteiger partial charge is 0.304 e. The molecule has 0 saturated heterocycles. The molecule has 2 heterocycles. The van der Waals surface area contributed by atoms with Crippen LogP contribution in [0.2, 0.25) is 0 Å². The Bertz CT molecular complexity index is 771. The van der Waals surface area contributed by atoms with E-state index in [0.29, 0.717) is 0 Å². The quantitative estimate of drug-likeness (QED) is 0.817. The van der Waals surface area contributed by atoms with Crippen LogP contribution in [0.5, 0.6) is 0 Å². The van der Waals surface area contributed by atoms with Gasteiger partial charge in [-0.15, -0.1) is 0 Å². The number of amides is 1. The number of carbonyl (C=O) groups is 1. The van der Waals surface area contributed by atoms with Gasteiger partial charge in [0, 0.05) is 19.4 Å². The maximum Gasteiger partial charge on any atom is 0.258 e. The normalized spacial score (nSPS) is 11.3. The van der Waals surface area contributed by atoms with Crippen LogP contribution in [-0.2, 0) is 17.1 Å². The number of nitrogens with one attached hydrogen (secondary N) is 1. The summed E-state index contributed by atoms with van der Waals surface area (Å²) in [5.74, 6) is -1.67. The minimum absolute atomic E-state index is 0.0731. The third-order valence-corrected chi connectivity index (χ3v) is 3.21. The molecule has 2 rings (SSSR count). The van der Waals surface area contributed by atoms with Gasteiger partial charge in [0.1, 0.15) is 10.7 Å². The summed E-state index contributed by atoms with van der Waals surface area (Å²) in [4.78, 5) is 15.0. The van der Waals surface area contributed by atoms with Crippen LogP contribution in [0.15, 0.2) is 29.6 Å². The first-order valence-electron chi connectivity index (χ1n) is 5.26. The molecule has 0 spiro atoms. The number of sulfonamides is 1. The molecule has 20 heavy (non-hydrogen) atoms. The molecule has 0 aliphatic rings. The summed E-state index contributed by atoms with van der Waals surface area (Å²) < 4.78 is 36.8. The zero-order valence-electron chi connectivity index (χ0n) is 10.2. The third-order valence-electron chi connectivity index (χ3n) is 2.30. The van der Waals surface area contributed by atoms with E-state index in [9.17, 15) is 17.6 Å². The van der Waals surface area contributed by atoms with Gasteiger partial charge in [-0.3, -0.25) is 14.5 Å². The predicted molar refractivity (Wildman–Crippen MR) is 66.7 cm³/mol. The van der Waals surface area contributed by atoms with Gasteiger partial charge in [0.2, 0.25) is 10.0 Å². The second kappa shape index (κ2) is 4.98. The Balaban J connectivity index is 2.34. The number of carbonyl (C=O) groups excluding carboxylic acids is 1. The van der Waals surface area contributed by atoms with Gasteiger partial charge in [0.05, 0.1) is 11.8 Å². The van der Waals surface area contributed by atoms with Crippen molar-refractivity contribution < 1.29 is 17.6 Å². The Kier molecular flexibility index (Phi) is 3.51. The molecule has 8 nitrogen and oxygen atoms in total. The summed E-state index contributed by atoms with van der Waals surface area (Å²) >= 11 is 0. The van der Waals surface area contributed by atoms with Gasteiger partial charge in [0.25, 0.3) is 5.91 Å². The number of rotatable bonds is 3. The zero-order valence-corrected chi connectivity index (χ0v) is 11.1. The highest BCUT2D eigenvalue weighted by Gasteiger charge is 2.20. The molecule has 0 atom stereocenters. The summed E-state index contributed by atoms with van der Waals surface area (Å²) in [5.41, 5.74) is -0.0731. The van der Waals surface area contributed by atoms with E-state index >= 15 is 0 Å². The SMILES string of the molecule is Cn1cc(S(N)(=O)=O)c(NC(=O)c2cncc(F)c2)n1. The second-order valence-corrected chi connectivity index (χ2v) is 5.44. The number of pyridine rings is 1. The Morgan fingerprint density at radius 3 is 2.75 bits per heavy atom. The third kappa shape index (κ3) is 2.97. The summed E-state index contributed by atoms with van der Waals surface area (Å²) in [6, 6.07) is 0.960. The lowest BCUT2D eigenvalue weighted by Gasteiger charge is -2.03. The standard InChI is InChI=1S/C10H10FN5O3S/c1-16-5-8(20(12,18)19)9(15-16)14-10(17)6-2-7(11)4-13-3-6/h2-5H,1H3,(H2,12,18,19)(H,14,15,17). The van der Waals surface area contributed by atoms with Crippen molar-refractivity contribution in [1.29, 1.82) is 0 Å². The summed E-state index contributed by atoms with van der Waals surface area (Å²) in [5, 5.41) is 11.0. The van der Waals surface area contributed by atoms with Crippen LogP contribution in [0.4, 0.5) is 10.2 Å². The van der Waals surface area contributed by atoms with Crippen LogP contribution in [-0.4, -0.2) is 29.1 Å². The summed E-state index contributed by atoms with van der Waals surface area (Å²) in [6.07, 6.45) is 3.22. The lowest BCUT2D eigenvalue weighted by atomic mass is 10.2. The van der Waals surface area contributed by atoms with Crippen LogP contribution in [0.1, 0.15) is 10.4 Å². The van der Waals surface area contributed by atoms with E-state index in [1.165, 1.54) is 11.7 Å². The van der Waals surface area contributed by atoms with Gasteiger partial charge in [-0.05, 0) is 6.07 Å². The van der Waals surface area contributed by atoms with E-state index in [-0.39, 0.29) is 16.3 Å². The average molecular weight is 299 g/mol. The topological polar surface area (TPSA) is 120 Å². The molecule has 2 aromatic heterocycles. The Hall–Kier alpha value is -2.33. The molecule has 0 radical (unpaired) electrons. The Morgan fingerprint density at radius 2 is 2.15 bits per heavy atom. The smallest absolute Gasteiger partial charge is 0.258 e. The maximum absolute atomic E-state index is 13.0. The fourth-order valence-corrected chi connectivity index (χ4v) is 2.14. The van der Waals surface area contributed by atoms with Gasteiger partial charge in [-0.1, -0.05) is 0 Å². The van der Waals surface area contributed by atoms with E-state index < -0.39 is 21.7 Å². The fraction of sp³-hybridized carbons (Fsp3) is 0.100. The van der Waals surface area contributed by atoms with E-state index in [1.807, 2.05) is 0 Å². The highest BCUT2D eigenvalue weighted by Crippen LogP contribution is 2.18. The molecule has 0 saturated carbocycles. The molecule has 1 amide bonds. The van der Waals surface area contributed by atoms with Crippen LogP contribution in [0, 0.1) is 5.82 Å². The highest BCUT2D eigenvalue weighted by molar-refractivity contribution is 7.89. The Labute approximate surface area is 113 Å². The van der Waals surface area contributed by atoms with Crippen molar-refractivity contribution >= 4 is 21.7 Å². The molecule has 0 aromatic carbocycles. The van der Waals surface area contributed by atoms with Crippen molar-refractivity contribution in [2.45, 2.75) is 4.90 Å². The van der Waals surface area contributed by atoms with Crippen LogP contribution in [0.25, 0.3) is 0 Å². The molecule has 3 N–H and O–H groups in total. The lowest BCUT2D eigenvalue weighted by molar-refractivity contribution is 0.102. The second-order valence-electron chi connectivity index (χ2n) is 3.91.